The lowest BCUT2D eigenvalue weighted by molar-refractivity contribution is 0.0342. The standard InChI is InChI=1S/C23H30N4O4/c1-23(2,3)31-22(29)26-19-9-7-18(8-10-19)24-21(28)25-20-6-4-5-17(15-20)16-27-11-13-30-14-12-27/h4-10,15H,11-14,16H2,1-3H3,(H,26,29)(H2,24,25,28). The molecule has 166 valence electrons. The van der Waals surface area contributed by atoms with Gasteiger partial charge in [-0.1, -0.05) is 12.1 Å². The van der Waals surface area contributed by atoms with E-state index in [0.717, 1.165) is 44.1 Å². The lowest BCUT2D eigenvalue weighted by Crippen LogP contribution is -2.35. The summed E-state index contributed by atoms with van der Waals surface area (Å²) in [5.74, 6) is 0. The molecular formula is C23H30N4O4. The van der Waals surface area contributed by atoms with Crippen molar-refractivity contribution in [1.29, 1.82) is 0 Å². The number of urea groups is 1. The molecule has 1 aliphatic rings. The second-order valence-corrected chi connectivity index (χ2v) is 8.37. The molecular weight excluding hydrogens is 396 g/mol. The van der Waals surface area contributed by atoms with Crippen molar-refractivity contribution in [2.45, 2.75) is 32.9 Å². The molecule has 3 rings (SSSR count). The number of carbonyl (C=O) groups is 2. The number of carbonyl (C=O) groups excluding carboxylic acids is 2. The monoisotopic (exact) mass is 426 g/mol. The summed E-state index contributed by atoms with van der Waals surface area (Å²) >= 11 is 0. The molecule has 0 bridgehead atoms. The van der Waals surface area contributed by atoms with Crippen LogP contribution in [0.4, 0.5) is 26.7 Å². The summed E-state index contributed by atoms with van der Waals surface area (Å²) in [6.07, 6.45) is -0.525. The summed E-state index contributed by atoms with van der Waals surface area (Å²) in [5, 5.41) is 8.30. The fourth-order valence-electron chi connectivity index (χ4n) is 3.12. The fourth-order valence-corrected chi connectivity index (χ4v) is 3.12. The summed E-state index contributed by atoms with van der Waals surface area (Å²) in [6, 6.07) is 14.3. The van der Waals surface area contributed by atoms with Gasteiger partial charge in [0, 0.05) is 36.7 Å². The van der Waals surface area contributed by atoms with Gasteiger partial charge in [0.05, 0.1) is 13.2 Å². The molecule has 1 fully saturated rings. The third kappa shape index (κ3) is 7.92. The van der Waals surface area contributed by atoms with Crippen LogP contribution in [0.1, 0.15) is 26.3 Å². The summed E-state index contributed by atoms with van der Waals surface area (Å²) < 4.78 is 10.6. The third-order valence-electron chi connectivity index (χ3n) is 4.48. The number of benzene rings is 2. The smallest absolute Gasteiger partial charge is 0.412 e. The Morgan fingerprint density at radius 1 is 0.935 bits per heavy atom. The maximum atomic E-state index is 12.4. The van der Waals surface area contributed by atoms with Crippen molar-refractivity contribution >= 4 is 29.2 Å². The summed E-state index contributed by atoms with van der Waals surface area (Å²) in [6.45, 7) is 9.57. The molecule has 1 heterocycles. The minimum absolute atomic E-state index is 0.337. The third-order valence-corrected chi connectivity index (χ3v) is 4.48. The number of hydrogen-bond donors (Lipinski definition) is 3. The molecule has 3 amide bonds. The molecule has 2 aromatic carbocycles. The van der Waals surface area contributed by atoms with Crippen molar-refractivity contribution < 1.29 is 19.1 Å². The first kappa shape index (κ1) is 22.6. The number of hydrogen-bond acceptors (Lipinski definition) is 5. The quantitative estimate of drug-likeness (QED) is 0.654. The molecule has 0 spiro atoms. The lowest BCUT2D eigenvalue weighted by atomic mass is 10.2. The van der Waals surface area contributed by atoms with E-state index < -0.39 is 11.7 Å². The Balaban J connectivity index is 1.50. The number of anilines is 3. The second-order valence-electron chi connectivity index (χ2n) is 8.37. The Morgan fingerprint density at radius 3 is 2.19 bits per heavy atom. The minimum Gasteiger partial charge on any atom is -0.444 e. The number of morpholine rings is 1. The summed E-state index contributed by atoms with van der Waals surface area (Å²) in [5.41, 5.74) is 2.49. The van der Waals surface area contributed by atoms with Crippen LogP contribution < -0.4 is 16.0 Å². The molecule has 0 aliphatic carbocycles. The number of amides is 3. The molecule has 3 N–H and O–H groups in total. The van der Waals surface area contributed by atoms with Gasteiger partial charge in [-0.05, 0) is 62.7 Å². The van der Waals surface area contributed by atoms with Gasteiger partial charge in [0.2, 0.25) is 0 Å². The molecule has 1 aliphatic heterocycles. The summed E-state index contributed by atoms with van der Waals surface area (Å²) in [4.78, 5) is 26.5. The van der Waals surface area contributed by atoms with Gasteiger partial charge in [0.25, 0.3) is 0 Å². The Kier molecular flexibility index (Phi) is 7.49. The SMILES string of the molecule is CC(C)(C)OC(=O)Nc1ccc(NC(=O)Nc2cccc(CN3CCOCC3)c2)cc1. The highest BCUT2D eigenvalue weighted by Gasteiger charge is 2.16. The van der Waals surface area contributed by atoms with E-state index in [1.54, 1.807) is 45.0 Å². The molecule has 0 radical (unpaired) electrons. The van der Waals surface area contributed by atoms with Gasteiger partial charge >= 0.3 is 12.1 Å². The topological polar surface area (TPSA) is 91.9 Å². The zero-order valence-corrected chi connectivity index (χ0v) is 18.2. The van der Waals surface area contributed by atoms with Gasteiger partial charge in [-0.15, -0.1) is 0 Å². The highest BCUT2D eigenvalue weighted by Crippen LogP contribution is 2.17. The lowest BCUT2D eigenvalue weighted by Gasteiger charge is -2.26. The van der Waals surface area contributed by atoms with Crippen molar-refractivity contribution in [3.63, 3.8) is 0 Å². The van der Waals surface area contributed by atoms with Crippen molar-refractivity contribution in [1.82, 2.24) is 4.90 Å². The second kappa shape index (κ2) is 10.3. The predicted octanol–water partition coefficient (Wildman–Crippen LogP) is 4.51. The highest BCUT2D eigenvalue weighted by molar-refractivity contribution is 6.00. The van der Waals surface area contributed by atoms with Crippen molar-refractivity contribution in [3.8, 4) is 0 Å². The molecule has 0 unspecified atom stereocenters. The summed E-state index contributed by atoms with van der Waals surface area (Å²) in [7, 11) is 0. The molecule has 8 heteroatoms. The molecule has 31 heavy (non-hydrogen) atoms. The van der Waals surface area contributed by atoms with Crippen LogP contribution in [-0.2, 0) is 16.0 Å². The van der Waals surface area contributed by atoms with Crippen LogP contribution in [-0.4, -0.2) is 48.9 Å². The van der Waals surface area contributed by atoms with Crippen LogP contribution in [0.3, 0.4) is 0 Å². The number of ether oxygens (including phenoxy) is 2. The predicted molar refractivity (Wildman–Crippen MR) is 121 cm³/mol. The Hall–Kier alpha value is -3.10. The maximum Gasteiger partial charge on any atom is 0.412 e. The van der Waals surface area contributed by atoms with Gasteiger partial charge in [-0.3, -0.25) is 10.2 Å². The Labute approximate surface area is 182 Å². The van der Waals surface area contributed by atoms with Crippen LogP contribution in [0.25, 0.3) is 0 Å². The number of nitrogens with one attached hydrogen (secondary N) is 3. The van der Waals surface area contributed by atoms with Gasteiger partial charge in [0.1, 0.15) is 5.60 Å². The first-order valence-electron chi connectivity index (χ1n) is 10.3. The van der Waals surface area contributed by atoms with E-state index in [1.807, 2.05) is 18.2 Å². The average Bonchev–Trinajstić information content (AvgIpc) is 2.69. The van der Waals surface area contributed by atoms with Crippen LogP contribution in [0.15, 0.2) is 48.5 Å². The molecule has 0 aromatic heterocycles. The van der Waals surface area contributed by atoms with Gasteiger partial charge in [-0.2, -0.15) is 0 Å². The maximum absolute atomic E-state index is 12.4. The van der Waals surface area contributed by atoms with E-state index in [0.29, 0.717) is 11.4 Å². The molecule has 8 nitrogen and oxygen atoms in total. The Bertz CT molecular complexity index is 887. The van der Waals surface area contributed by atoms with E-state index in [1.165, 1.54) is 0 Å². The van der Waals surface area contributed by atoms with Crippen LogP contribution in [0.2, 0.25) is 0 Å². The van der Waals surface area contributed by atoms with Crippen molar-refractivity contribution in [2.75, 3.05) is 42.3 Å². The van der Waals surface area contributed by atoms with Crippen LogP contribution in [0, 0.1) is 0 Å². The van der Waals surface area contributed by atoms with Gasteiger partial charge < -0.3 is 20.1 Å². The van der Waals surface area contributed by atoms with Crippen LogP contribution in [0.5, 0.6) is 0 Å². The molecule has 1 saturated heterocycles. The zero-order valence-electron chi connectivity index (χ0n) is 18.2. The van der Waals surface area contributed by atoms with E-state index >= 15 is 0 Å². The van der Waals surface area contributed by atoms with E-state index in [4.69, 9.17) is 9.47 Å². The minimum atomic E-state index is -0.566. The highest BCUT2D eigenvalue weighted by atomic mass is 16.6. The first-order valence-corrected chi connectivity index (χ1v) is 10.3. The van der Waals surface area contributed by atoms with Crippen LogP contribution >= 0.6 is 0 Å². The normalized spacial score (nSPS) is 14.5. The van der Waals surface area contributed by atoms with E-state index in [-0.39, 0.29) is 6.03 Å². The molecule has 2 aromatic rings. The van der Waals surface area contributed by atoms with E-state index in [2.05, 4.69) is 26.9 Å². The van der Waals surface area contributed by atoms with Crippen molar-refractivity contribution in [2.24, 2.45) is 0 Å². The van der Waals surface area contributed by atoms with Gasteiger partial charge in [0.15, 0.2) is 0 Å². The molecule has 0 saturated carbocycles. The Morgan fingerprint density at radius 2 is 1.55 bits per heavy atom. The fraction of sp³-hybridized carbons (Fsp3) is 0.391. The zero-order chi connectivity index (χ0) is 22.3. The number of nitrogens with zero attached hydrogens (tertiary/aromatic N) is 1. The first-order chi connectivity index (χ1) is 14.8. The number of rotatable bonds is 5. The average molecular weight is 427 g/mol. The van der Waals surface area contributed by atoms with Gasteiger partial charge in [-0.25, -0.2) is 9.59 Å². The largest absolute Gasteiger partial charge is 0.444 e. The molecule has 0 atom stereocenters. The van der Waals surface area contributed by atoms with Crippen molar-refractivity contribution in [3.05, 3.63) is 54.1 Å². The van der Waals surface area contributed by atoms with E-state index in [9.17, 15) is 9.59 Å².